The van der Waals surface area contributed by atoms with Gasteiger partial charge in [-0.1, -0.05) is 42.1 Å². The van der Waals surface area contributed by atoms with Crippen LogP contribution in [-0.4, -0.2) is 25.8 Å². The highest BCUT2D eigenvalue weighted by molar-refractivity contribution is 8.00. The monoisotopic (exact) mass is 369 g/mol. The molecule has 0 saturated carbocycles. The molecule has 0 N–H and O–H groups in total. The molecule has 0 radical (unpaired) electrons. The maximum Gasteiger partial charge on any atom is 0.191 e. The number of aromatic nitrogens is 3. The molecular weight excluding hydrogens is 349 g/mol. The van der Waals surface area contributed by atoms with Gasteiger partial charge in [-0.25, -0.2) is 4.39 Å². The maximum atomic E-state index is 13.0. The molecule has 0 aliphatic carbocycles. The zero-order valence-electron chi connectivity index (χ0n) is 14.7. The van der Waals surface area contributed by atoms with E-state index in [-0.39, 0.29) is 16.9 Å². The molecule has 3 aromatic rings. The molecular formula is C20H20FN3OS. The van der Waals surface area contributed by atoms with Crippen LogP contribution in [0.2, 0.25) is 0 Å². The Morgan fingerprint density at radius 3 is 2.46 bits per heavy atom. The molecule has 0 aliphatic heterocycles. The van der Waals surface area contributed by atoms with Crippen molar-refractivity contribution >= 4 is 17.5 Å². The largest absolute Gasteiger partial charge is 0.306 e. The van der Waals surface area contributed by atoms with Crippen molar-refractivity contribution in [3.63, 3.8) is 0 Å². The van der Waals surface area contributed by atoms with E-state index in [1.165, 1.54) is 41.6 Å². The highest BCUT2D eigenvalue weighted by Crippen LogP contribution is 2.25. The molecule has 1 heterocycles. The van der Waals surface area contributed by atoms with Crippen molar-refractivity contribution in [2.24, 2.45) is 0 Å². The quantitative estimate of drug-likeness (QED) is 0.458. The molecule has 0 unspecified atom stereocenters. The Morgan fingerprint density at radius 2 is 1.81 bits per heavy atom. The first-order valence-corrected chi connectivity index (χ1v) is 9.39. The Morgan fingerprint density at radius 1 is 1.12 bits per heavy atom. The van der Waals surface area contributed by atoms with Gasteiger partial charge in [0.15, 0.2) is 10.9 Å². The van der Waals surface area contributed by atoms with E-state index in [1.807, 2.05) is 36.6 Å². The molecule has 0 spiro atoms. The summed E-state index contributed by atoms with van der Waals surface area (Å²) in [5.41, 5.74) is 1.67. The average molecular weight is 369 g/mol. The van der Waals surface area contributed by atoms with E-state index < -0.39 is 0 Å². The molecule has 4 nitrogen and oxygen atoms in total. The SMILES string of the molecule is CCn1c(Cc2ccccc2)nnc1S[C@@H](C)C(=O)c1ccc(F)cc1. The van der Waals surface area contributed by atoms with Crippen molar-refractivity contribution in [1.82, 2.24) is 14.8 Å². The Kier molecular flexibility index (Phi) is 5.83. The summed E-state index contributed by atoms with van der Waals surface area (Å²) in [4.78, 5) is 12.6. The highest BCUT2D eigenvalue weighted by Gasteiger charge is 2.21. The van der Waals surface area contributed by atoms with Gasteiger partial charge in [0.05, 0.1) is 5.25 Å². The fourth-order valence-electron chi connectivity index (χ4n) is 2.69. The van der Waals surface area contributed by atoms with Crippen LogP contribution in [0, 0.1) is 5.82 Å². The molecule has 1 aromatic heterocycles. The smallest absolute Gasteiger partial charge is 0.191 e. The van der Waals surface area contributed by atoms with Crippen LogP contribution in [0.25, 0.3) is 0 Å². The van der Waals surface area contributed by atoms with Gasteiger partial charge in [-0.2, -0.15) is 0 Å². The minimum atomic E-state index is -0.349. The number of rotatable bonds is 7. The summed E-state index contributed by atoms with van der Waals surface area (Å²) < 4.78 is 15.1. The van der Waals surface area contributed by atoms with Crippen LogP contribution in [0.4, 0.5) is 4.39 Å². The first kappa shape index (κ1) is 18.3. The van der Waals surface area contributed by atoms with Crippen molar-refractivity contribution in [2.45, 2.75) is 37.2 Å². The number of carbonyl (C=O) groups excluding carboxylic acids is 1. The molecule has 0 bridgehead atoms. The molecule has 0 fully saturated rings. The van der Waals surface area contributed by atoms with Gasteiger partial charge in [0.2, 0.25) is 0 Å². The third kappa shape index (κ3) is 4.19. The maximum absolute atomic E-state index is 13.0. The fourth-order valence-corrected chi connectivity index (χ4v) is 3.70. The van der Waals surface area contributed by atoms with E-state index in [1.54, 1.807) is 0 Å². The minimum Gasteiger partial charge on any atom is -0.306 e. The van der Waals surface area contributed by atoms with Gasteiger partial charge in [-0.3, -0.25) is 4.79 Å². The second-order valence-electron chi connectivity index (χ2n) is 5.94. The normalized spacial score (nSPS) is 12.1. The number of thioether (sulfide) groups is 1. The predicted octanol–water partition coefficient (Wildman–Crippen LogP) is 4.39. The fraction of sp³-hybridized carbons (Fsp3) is 0.250. The molecule has 2 aromatic carbocycles. The van der Waals surface area contributed by atoms with E-state index in [9.17, 15) is 9.18 Å². The number of carbonyl (C=O) groups is 1. The lowest BCUT2D eigenvalue weighted by atomic mass is 10.1. The van der Waals surface area contributed by atoms with E-state index in [0.29, 0.717) is 12.0 Å². The first-order chi connectivity index (χ1) is 12.6. The van der Waals surface area contributed by atoms with Gasteiger partial charge >= 0.3 is 0 Å². The minimum absolute atomic E-state index is 0.0507. The average Bonchev–Trinajstić information content (AvgIpc) is 3.03. The lowest BCUT2D eigenvalue weighted by Gasteiger charge is -2.11. The number of benzene rings is 2. The van der Waals surface area contributed by atoms with Crippen LogP contribution in [0.15, 0.2) is 59.8 Å². The summed E-state index contributed by atoms with van der Waals surface area (Å²) in [6.07, 6.45) is 0.697. The summed E-state index contributed by atoms with van der Waals surface area (Å²) in [6, 6.07) is 15.7. The van der Waals surface area contributed by atoms with Crippen LogP contribution in [0.5, 0.6) is 0 Å². The van der Waals surface area contributed by atoms with Crippen LogP contribution in [0.3, 0.4) is 0 Å². The van der Waals surface area contributed by atoms with E-state index >= 15 is 0 Å². The number of ketones is 1. The summed E-state index contributed by atoms with van der Waals surface area (Å²) >= 11 is 1.38. The summed E-state index contributed by atoms with van der Waals surface area (Å²) in [5.74, 6) is 0.478. The molecule has 0 amide bonds. The van der Waals surface area contributed by atoms with Gasteiger partial charge < -0.3 is 4.57 Å². The highest BCUT2D eigenvalue weighted by atomic mass is 32.2. The van der Waals surface area contributed by atoms with Crippen molar-refractivity contribution in [3.05, 3.63) is 77.4 Å². The number of nitrogens with zero attached hydrogens (tertiary/aromatic N) is 3. The Balaban J connectivity index is 1.75. The molecule has 26 heavy (non-hydrogen) atoms. The predicted molar refractivity (Wildman–Crippen MR) is 101 cm³/mol. The van der Waals surface area contributed by atoms with Crippen molar-refractivity contribution < 1.29 is 9.18 Å². The molecule has 134 valence electrons. The van der Waals surface area contributed by atoms with Gasteiger partial charge in [0, 0.05) is 18.5 Å². The van der Waals surface area contributed by atoms with Crippen LogP contribution in [-0.2, 0) is 13.0 Å². The lowest BCUT2D eigenvalue weighted by molar-refractivity contribution is 0.0994. The third-order valence-corrected chi connectivity index (χ3v) is 5.18. The summed E-state index contributed by atoms with van der Waals surface area (Å²) in [5, 5.41) is 8.98. The Labute approximate surface area is 156 Å². The Hall–Kier alpha value is -2.47. The zero-order chi connectivity index (χ0) is 18.5. The number of Topliss-reactive ketones (excluding diaryl/α,β-unsaturated/α-hetero) is 1. The second kappa shape index (κ2) is 8.27. The number of halogens is 1. The topological polar surface area (TPSA) is 47.8 Å². The van der Waals surface area contributed by atoms with Crippen molar-refractivity contribution in [3.8, 4) is 0 Å². The van der Waals surface area contributed by atoms with Gasteiger partial charge in [-0.15, -0.1) is 10.2 Å². The van der Waals surface area contributed by atoms with E-state index in [4.69, 9.17) is 0 Å². The Bertz CT molecular complexity index is 878. The van der Waals surface area contributed by atoms with Crippen molar-refractivity contribution in [1.29, 1.82) is 0 Å². The summed E-state index contributed by atoms with van der Waals surface area (Å²) in [6.45, 7) is 4.60. The first-order valence-electron chi connectivity index (χ1n) is 8.51. The van der Waals surface area contributed by atoms with E-state index in [0.717, 1.165) is 17.5 Å². The molecule has 6 heteroatoms. The molecule has 0 aliphatic rings. The van der Waals surface area contributed by atoms with E-state index in [2.05, 4.69) is 22.3 Å². The van der Waals surface area contributed by atoms with Gasteiger partial charge in [0.25, 0.3) is 0 Å². The molecule has 3 rings (SSSR count). The summed E-state index contributed by atoms with van der Waals surface area (Å²) in [7, 11) is 0. The lowest BCUT2D eigenvalue weighted by Crippen LogP contribution is -2.15. The third-order valence-electron chi connectivity index (χ3n) is 4.09. The standard InChI is InChI=1S/C20H20FN3OS/c1-3-24-18(13-15-7-5-4-6-8-15)22-23-20(24)26-14(2)19(25)16-9-11-17(21)12-10-16/h4-12,14H,3,13H2,1-2H3/t14-/m0/s1. The van der Waals surface area contributed by atoms with Gasteiger partial charge in [-0.05, 0) is 43.7 Å². The van der Waals surface area contributed by atoms with Crippen LogP contribution in [0.1, 0.15) is 35.6 Å². The molecule has 1 atom stereocenters. The zero-order valence-corrected chi connectivity index (χ0v) is 15.5. The van der Waals surface area contributed by atoms with Crippen molar-refractivity contribution in [2.75, 3.05) is 0 Å². The van der Waals surface area contributed by atoms with Gasteiger partial charge in [0.1, 0.15) is 11.6 Å². The number of hydrogen-bond acceptors (Lipinski definition) is 4. The second-order valence-corrected chi connectivity index (χ2v) is 7.24. The van der Waals surface area contributed by atoms with Crippen LogP contribution < -0.4 is 0 Å². The number of hydrogen-bond donors (Lipinski definition) is 0. The van der Waals surface area contributed by atoms with Crippen LogP contribution >= 0.6 is 11.8 Å². The molecule has 0 saturated heterocycles.